The molecule has 2 nitrogen and oxygen atoms in total. The maximum atomic E-state index is 11.1. The average molecular weight is 714 g/mol. The van der Waals surface area contributed by atoms with E-state index in [2.05, 4.69) is 152 Å². The lowest BCUT2D eigenvalue weighted by Gasteiger charge is -2.49. The van der Waals surface area contributed by atoms with Gasteiger partial charge in [-0.15, -0.1) is 11.3 Å². The van der Waals surface area contributed by atoms with Crippen molar-refractivity contribution in [1.82, 2.24) is 0 Å². The van der Waals surface area contributed by atoms with Crippen LogP contribution in [0.1, 0.15) is 72.2 Å². The molecule has 1 heterocycles. The van der Waals surface area contributed by atoms with Crippen LogP contribution in [0.15, 0.2) is 152 Å². The molecule has 0 fully saturated rings. The standard InChI is InChI=1S/C50H38BO2S/c1-47(2,52)48(3,4)53-51-42-26-15-25-41-44(42)34-29-28-33-32-18-7-14-27-43(32)54-46(33)45(34)50(41)39-23-12-10-21-37(39)49(38-22-11-13-24-40(38)50)35-19-8-5-16-30(35)31-17-6-9-20-36(31)49/h5-29,52H,1-4H3. The van der Waals surface area contributed by atoms with E-state index in [0.717, 1.165) is 5.46 Å². The van der Waals surface area contributed by atoms with E-state index in [1.165, 1.54) is 86.9 Å². The van der Waals surface area contributed by atoms with Gasteiger partial charge in [-0.3, -0.25) is 0 Å². The van der Waals surface area contributed by atoms with Crippen LogP contribution in [-0.4, -0.2) is 23.8 Å². The van der Waals surface area contributed by atoms with Crippen molar-refractivity contribution in [2.24, 2.45) is 0 Å². The fraction of sp³-hybridized carbons (Fsp3) is 0.160. The van der Waals surface area contributed by atoms with Crippen LogP contribution < -0.4 is 5.46 Å². The first-order valence-electron chi connectivity index (χ1n) is 18.9. The molecule has 11 rings (SSSR count). The molecule has 0 amide bonds. The number of rotatable bonds is 4. The van der Waals surface area contributed by atoms with Gasteiger partial charge in [0.2, 0.25) is 0 Å². The maximum absolute atomic E-state index is 11.1. The van der Waals surface area contributed by atoms with Crippen molar-refractivity contribution >= 4 is 44.5 Å². The topological polar surface area (TPSA) is 29.5 Å². The fourth-order valence-electron chi connectivity index (χ4n) is 10.1. The van der Waals surface area contributed by atoms with Gasteiger partial charge in [0.25, 0.3) is 0 Å². The van der Waals surface area contributed by atoms with Crippen molar-refractivity contribution in [1.29, 1.82) is 0 Å². The summed E-state index contributed by atoms with van der Waals surface area (Å²) in [7, 11) is 1.89. The predicted octanol–water partition coefficient (Wildman–Crippen LogP) is 10.9. The molecule has 7 aromatic carbocycles. The highest BCUT2D eigenvalue weighted by molar-refractivity contribution is 7.26. The quantitative estimate of drug-likeness (QED) is 0.184. The molecule has 0 saturated heterocycles. The molecule has 0 saturated carbocycles. The summed E-state index contributed by atoms with van der Waals surface area (Å²) in [4.78, 5) is 0. The second kappa shape index (κ2) is 10.9. The molecule has 259 valence electrons. The Labute approximate surface area is 321 Å². The SMILES string of the molecule is CC(C)(O)C(C)(C)O[B]c1cccc2c1-c1ccc3c(sc4ccccc43)c1C21c2ccccc2C2(c3ccccc3-c3ccccc32)c2ccccc21. The molecule has 3 aliphatic rings. The van der Waals surface area contributed by atoms with E-state index in [0.29, 0.717) is 0 Å². The second-order valence-corrected chi connectivity index (χ2v) is 17.3. The lowest BCUT2D eigenvalue weighted by molar-refractivity contribution is -0.0893. The van der Waals surface area contributed by atoms with Gasteiger partial charge in [0.15, 0.2) is 0 Å². The van der Waals surface area contributed by atoms with E-state index in [-0.39, 0.29) is 0 Å². The summed E-state index contributed by atoms with van der Waals surface area (Å²) in [6.45, 7) is 7.52. The summed E-state index contributed by atoms with van der Waals surface area (Å²) in [6.07, 6.45) is 0. The van der Waals surface area contributed by atoms with Crippen LogP contribution in [0.2, 0.25) is 0 Å². The molecule has 1 aromatic heterocycles. The van der Waals surface area contributed by atoms with Crippen LogP contribution in [0.4, 0.5) is 0 Å². The summed E-state index contributed by atoms with van der Waals surface area (Å²) < 4.78 is 9.17. The van der Waals surface area contributed by atoms with Gasteiger partial charge in [-0.1, -0.05) is 146 Å². The first-order chi connectivity index (χ1) is 26.2. The molecule has 8 aromatic rings. The molecule has 0 atom stereocenters. The Morgan fingerprint density at radius 1 is 0.500 bits per heavy atom. The predicted molar refractivity (Wildman–Crippen MR) is 224 cm³/mol. The lowest BCUT2D eigenvalue weighted by Crippen LogP contribution is -2.49. The molecule has 0 bridgehead atoms. The Morgan fingerprint density at radius 2 is 1.02 bits per heavy atom. The molecule has 0 unspecified atom stereocenters. The van der Waals surface area contributed by atoms with Gasteiger partial charge >= 0.3 is 7.48 Å². The summed E-state index contributed by atoms with van der Waals surface area (Å²) in [5.74, 6) is 0. The first kappa shape index (κ1) is 32.2. The molecular formula is C50H38BO2S. The zero-order chi connectivity index (χ0) is 36.6. The third-order valence-electron chi connectivity index (χ3n) is 13.1. The number of benzene rings is 7. The van der Waals surface area contributed by atoms with Crippen LogP contribution in [0, 0.1) is 0 Å². The molecule has 54 heavy (non-hydrogen) atoms. The van der Waals surface area contributed by atoms with E-state index in [1.807, 2.05) is 46.5 Å². The molecule has 1 N–H and O–H groups in total. The molecule has 1 radical (unpaired) electrons. The Bertz CT molecular complexity index is 2780. The highest BCUT2D eigenvalue weighted by atomic mass is 32.1. The Morgan fingerprint density at radius 3 is 1.63 bits per heavy atom. The van der Waals surface area contributed by atoms with Crippen LogP contribution in [0.3, 0.4) is 0 Å². The zero-order valence-corrected chi connectivity index (χ0v) is 31.6. The van der Waals surface area contributed by atoms with Crippen molar-refractivity contribution < 1.29 is 9.76 Å². The van der Waals surface area contributed by atoms with Gasteiger partial charge in [0.05, 0.1) is 22.0 Å². The normalized spacial score (nSPS) is 15.5. The Balaban J connectivity index is 1.31. The Kier molecular flexibility index (Phi) is 6.51. The Hall–Kier alpha value is -5.26. The third-order valence-corrected chi connectivity index (χ3v) is 14.3. The highest BCUT2D eigenvalue weighted by Gasteiger charge is 2.59. The zero-order valence-electron chi connectivity index (χ0n) is 30.8. The third kappa shape index (κ3) is 3.83. The van der Waals surface area contributed by atoms with Crippen LogP contribution >= 0.6 is 11.3 Å². The van der Waals surface area contributed by atoms with Gasteiger partial charge in [0.1, 0.15) is 0 Å². The minimum Gasteiger partial charge on any atom is -0.427 e. The van der Waals surface area contributed by atoms with Crippen LogP contribution in [0.25, 0.3) is 42.4 Å². The number of thiophene rings is 1. The van der Waals surface area contributed by atoms with E-state index in [9.17, 15) is 5.11 Å². The minimum atomic E-state index is -1.05. The number of fused-ring (bicyclic) bond motifs is 20. The average Bonchev–Trinajstić information content (AvgIpc) is 3.82. The van der Waals surface area contributed by atoms with Crippen molar-refractivity contribution in [2.45, 2.75) is 49.7 Å². The van der Waals surface area contributed by atoms with Gasteiger partial charge in [-0.2, -0.15) is 0 Å². The van der Waals surface area contributed by atoms with Gasteiger partial charge in [-0.25, -0.2) is 0 Å². The summed E-state index contributed by atoms with van der Waals surface area (Å²) >= 11 is 1.91. The number of hydrogen-bond donors (Lipinski definition) is 1. The van der Waals surface area contributed by atoms with Crippen LogP contribution in [-0.2, 0) is 15.5 Å². The summed E-state index contributed by atoms with van der Waals surface area (Å²) in [5, 5.41) is 13.7. The largest absolute Gasteiger partial charge is 0.427 e. The smallest absolute Gasteiger partial charge is 0.331 e. The highest BCUT2D eigenvalue weighted by Crippen LogP contribution is 2.68. The van der Waals surface area contributed by atoms with Crippen molar-refractivity contribution in [3.8, 4) is 22.3 Å². The van der Waals surface area contributed by atoms with Gasteiger partial charge in [0, 0.05) is 20.2 Å². The summed E-state index contributed by atoms with van der Waals surface area (Å²) in [6, 6.07) is 56.9. The van der Waals surface area contributed by atoms with E-state index in [4.69, 9.17) is 4.65 Å². The van der Waals surface area contributed by atoms with Crippen molar-refractivity contribution in [3.05, 3.63) is 196 Å². The molecule has 0 aliphatic heterocycles. The number of aliphatic hydroxyl groups is 1. The molecule has 4 heteroatoms. The molecule has 2 spiro atoms. The van der Waals surface area contributed by atoms with E-state index < -0.39 is 22.0 Å². The molecule has 3 aliphatic carbocycles. The summed E-state index contributed by atoms with van der Waals surface area (Å²) in [5.41, 5.74) is 13.6. The fourth-order valence-corrected chi connectivity index (χ4v) is 11.4. The van der Waals surface area contributed by atoms with Gasteiger partial charge < -0.3 is 9.76 Å². The second-order valence-electron chi connectivity index (χ2n) is 16.2. The minimum absolute atomic E-state index is 0.494. The first-order valence-corrected chi connectivity index (χ1v) is 19.7. The lowest BCUT2D eigenvalue weighted by atomic mass is 9.52. The van der Waals surface area contributed by atoms with Crippen molar-refractivity contribution in [2.75, 3.05) is 0 Å². The van der Waals surface area contributed by atoms with Crippen LogP contribution in [0.5, 0.6) is 0 Å². The maximum Gasteiger partial charge on any atom is 0.331 e. The number of hydrogen-bond acceptors (Lipinski definition) is 3. The van der Waals surface area contributed by atoms with E-state index in [1.54, 1.807) is 0 Å². The van der Waals surface area contributed by atoms with E-state index >= 15 is 0 Å². The monoisotopic (exact) mass is 713 g/mol. The van der Waals surface area contributed by atoms with Crippen molar-refractivity contribution in [3.63, 3.8) is 0 Å². The molecular weight excluding hydrogens is 675 g/mol. The van der Waals surface area contributed by atoms with Gasteiger partial charge in [-0.05, 0) is 106 Å².